The van der Waals surface area contributed by atoms with E-state index < -0.39 is 21.9 Å². The Morgan fingerprint density at radius 2 is 2.15 bits per heavy atom. The fourth-order valence-electron chi connectivity index (χ4n) is 1.67. The van der Waals surface area contributed by atoms with Gasteiger partial charge in [-0.25, -0.2) is 22.5 Å². The molecule has 5 nitrogen and oxygen atoms in total. The molecular weight excluding hydrogens is 301 g/mol. The van der Waals surface area contributed by atoms with E-state index in [1.165, 1.54) is 23.5 Å². The summed E-state index contributed by atoms with van der Waals surface area (Å²) in [6.45, 7) is 3.55. The highest BCUT2D eigenvalue weighted by molar-refractivity contribution is 7.89. The van der Waals surface area contributed by atoms with Gasteiger partial charge >= 0.3 is 0 Å². The van der Waals surface area contributed by atoms with Gasteiger partial charge in [0.1, 0.15) is 15.7 Å². The van der Waals surface area contributed by atoms with Crippen molar-refractivity contribution in [3.63, 3.8) is 0 Å². The molecule has 0 amide bonds. The molecule has 2 aromatic rings. The van der Waals surface area contributed by atoms with Crippen molar-refractivity contribution < 1.29 is 12.8 Å². The number of aromatic nitrogens is 1. The number of nitrogens with two attached hydrogens (primary N) is 1. The van der Waals surface area contributed by atoms with Crippen LogP contribution in [0.15, 0.2) is 29.3 Å². The molecule has 1 aromatic heterocycles. The molecule has 0 aliphatic rings. The molecule has 20 heavy (non-hydrogen) atoms. The van der Waals surface area contributed by atoms with Crippen LogP contribution in [0.1, 0.15) is 22.9 Å². The second-order valence-electron chi connectivity index (χ2n) is 4.30. The van der Waals surface area contributed by atoms with Gasteiger partial charge in [-0.3, -0.25) is 0 Å². The first-order valence-electron chi connectivity index (χ1n) is 5.80. The van der Waals surface area contributed by atoms with E-state index in [0.717, 1.165) is 10.9 Å². The Bertz CT molecular complexity index is 728. The van der Waals surface area contributed by atoms with Crippen molar-refractivity contribution in [2.45, 2.75) is 24.8 Å². The standard InChI is InChI=1S/C12H14FN3O2S2/c1-7-6-15-12(19-7)8(2)16-20(17,18)10-5-3-4-9(13)11(10)14/h3-6,8,16H,14H2,1-2H3. The minimum Gasteiger partial charge on any atom is -0.395 e. The summed E-state index contributed by atoms with van der Waals surface area (Å²) >= 11 is 1.40. The zero-order chi connectivity index (χ0) is 14.9. The highest BCUT2D eigenvalue weighted by atomic mass is 32.2. The quantitative estimate of drug-likeness (QED) is 0.847. The average Bonchev–Trinajstić information content (AvgIpc) is 2.79. The second-order valence-corrected chi connectivity index (χ2v) is 7.25. The maximum absolute atomic E-state index is 13.3. The molecule has 0 saturated carbocycles. The lowest BCUT2D eigenvalue weighted by Crippen LogP contribution is -2.27. The predicted molar refractivity (Wildman–Crippen MR) is 76.4 cm³/mol. The van der Waals surface area contributed by atoms with Crippen molar-refractivity contribution in [3.8, 4) is 0 Å². The van der Waals surface area contributed by atoms with E-state index in [4.69, 9.17) is 5.73 Å². The third-order valence-electron chi connectivity index (χ3n) is 2.64. The van der Waals surface area contributed by atoms with Crippen LogP contribution in [0.25, 0.3) is 0 Å². The summed E-state index contributed by atoms with van der Waals surface area (Å²) in [6, 6.07) is 3.17. The highest BCUT2D eigenvalue weighted by Crippen LogP contribution is 2.25. The Balaban J connectivity index is 2.30. The fraction of sp³-hybridized carbons (Fsp3) is 0.250. The summed E-state index contributed by atoms with van der Waals surface area (Å²) in [5.74, 6) is -0.759. The third-order valence-corrected chi connectivity index (χ3v) is 5.34. The molecule has 0 radical (unpaired) electrons. The normalized spacial score (nSPS) is 13.3. The maximum atomic E-state index is 13.3. The largest absolute Gasteiger partial charge is 0.395 e. The predicted octanol–water partition coefficient (Wildman–Crippen LogP) is 2.21. The lowest BCUT2D eigenvalue weighted by molar-refractivity contribution is 0.564. The van der Waals surface area contributed by atoms with E-state index >= 15 is 0 Å². The number of nitrogens with zero attached hydrogens (tertiary/aromatic N) is 1. The van der Waals surface area contributed by atoms with E-state index in [1.54, 1.807) is 13.1 Å². The van der Waals surface area contributed by atoms with Crippen molar-refractivity contribution in [3.05, 3.63) is 40.1 Å². The summed E-state index contributed by atoms with van der Waals surface area (Å²) in [7, 11) is -3.90. The number of hydrogen-bond donors (Lipinski definition) is 2. The van der Waals surface area contributed by atoms with Crippen molar-refractivity contribution in [1.82, 2.24) is 9.71 Å². The van der Waals surface area contributed by atoms with Crippen LogP contribution < -0.4 is 10.5 Å². The molecule has 1 aromatic carbocycles. The topological polar surface area (TPSA) is 85.1 Å². The first-order valence-corrected chi connectivity index (χ1v) is 8.10. The number of halogens is 1. The molecule has 108 valence electrons. The second kappa shape index (κ2) is 5.47. The molecule has 0 aliphatic carbocycles. The van der Waals surface area contributed by atoms with E-state index in [1.807, 2.05) is 6.92 Å². The van der Waals surface area contributed by atoms with Gasteiger partial charge in [0.2, 0.25) is 10.0 Å². The smallest absolute Gasteiger partial charge is 0.243 e. The van der Waals surface area contributed by atoms with Crippen molar-refractivity contribution in [2.75, 3.05) is 5.73 Å². The molecule has 0 aliphatic heterocycles. The zero-order valence-corrected chi connectivity index (χ0v) is 12.6. The Kier molecular flexibility index (Phi) is 4.07. The number of aryl methyl sites for hydroxylation is 1. The number of sulfonamides is 1. The monoisotopic (exact) mass is 315 g/mol. The molecule has 1 unspecified atom stereocenters. The van der Waals surface area contributed by atoms with Crippen molar-refractivity contribution in [1.29, 1.82) is 0 Å². The highest BCUT2D eigenvalue weighted by Gasteiger charge is 2.23. The number of nitrogens with one attached hydrogen (secondary N) is 1. The van der Waals surface area contributed by atoms with Gasteiger partial charge in [0, 0.05) is 11.1 Å². The third kappa shape index (κ3) is 2.97. The summed E-state index contributed by atoms with van der Waals surface area (Å²) in [4.78, 5) is 4.84. The van der Waals surface area contributed by atoms with Crippen LogP contribution >= 0.6 is 11.3 Å². The number of thiazole rings is 1. The van der Waals surface area contributed by atoms with Gasteiger partial charge in [0.05, 0.1) is 11.7 Å². The van der Waals surface area contributed by atoms with Gasteiger partial charge in [0.25, 0.3) is 0 Å². The van der Waals surface area contributed by atoms with Crippen LogP contribution in [0.4, 0.5) is 10.1 Å². The number of rotatable bonds is 4. The first kappa shape index (κ1) is 14.9. The van der Waals surface area contributed by atoms with Crippen LogP contribution in [0.2, 0.25) is 0 Å². The summed E-state index contributed by atoms with van der Waals surface area (Å²) in [5, 5.41) is 0.640. The first-order chi connectivity index (χ1) is 9.31. The average molecular weight is 315 g/mol. The van der Waals surface area contributed by atoms with Crippen LogP contribution in [0.3, 0.4) is 0 Å². The summed E-state index contributed by atoms with van der Waals surface area (Å²) in [6.07, 6.45) is 1.67. The molecule has 0 spiro atoms. The lowest BCUT2D eigenvalue weighted by Gasteiger charge is -2.13. The van der Waals surface area contributed by atoms with E-state index in [9.17, 15) is 12.8 Å². The lowest BCUT2D eigenvalue weighted by atomic mass is 10.3. The van der Waals surface area contributed by atoms with Gasteiger partial charge in [-0.15, -0.1) is 11.3 Å². The van der Waals surface area contributed by atoms with Crippen LogP contribution in [0.5, 0.6) is 0 Å². The number of anilines is 1. The van der Waals surface area contributed by atoms with Gasteiger partial charge < -0.3 is 5.73 Å². The maximum Gasteiger partial charge on any atom is 0.243 e. The molecule has 2 rings (SSSR count). The molecule has 0 fully saturated rings. The summed E-state index contributed by atoms with van der Waals surface area (Å²) < 4.78 is 40.2. The van der Waals surface area contributed by atoms with Crippen molar-refractivity contribution >= 4 is 27.0 Å². The number of para-hydroxylation sites is 1. The van der Waals surface area contributed by atoms with Crippen molar-refractivity contribution in [2.24, 2.45) is 0 Å². The van der Waals surface area contributed by atoms with E-state index in [-0.39, 0.29) is 10.6 Å². The Morgan fingerprint density at radius 1 is 1.45 bits per heavy atom. The van der Waals surface area contributed by atoms with Gasteiger partial charge in [0.15, 0.2) is 0 Å². The minimum absolute atomic E-state index is 0.266. The van der Waals surface area contributed by atoms with Gasteiger partial charge in [-0.05, 0) is 26.0 Å². The Hall–Kier alpha value is -1.51. The van der Waals surface area contributed by atoms with E-state index in [2.05, 4.69) is 9.71 Å². The fourth-order valence-corrected chi connectivity index (χ4v) is 3.87. The molecule has 0 bridgehead atoms. The Morgan fingerprint density at radius 3 is 2.75 bits per heavy atom. The van der Waals surface area contributed by atoms with Crippen LogP contribution in [0, 0.1) is 12.7 Å². The molecule has 3 N–H and O–H groups in total. The number of benzene rings is 1. The zero-order valence-electron chi connectivity index (χ0n) is 10.9. The molecule has 0 saturated heterocycles. The van der Waals surface area contributed by atoms with Gasteiger partial charge in [-0.2, -0.15) is 0 Å². The molecule has 1 atom stereocenters. The number of hydrogen-bond acceptors (Lipinski definition) is 5. The summed E-state index contributed by atoms with van der Waals surface area (Å²) in [5.41, 5.74) is 5.09. The molecule has 8 heteroatoms. The number of nitrogen functional groups attached to an aromatic ring is 1. The Labute approximate surface area is 120 Å². The van der Waals surface area contributed by atoms with Crippen LogP contribution in [-0.2, 0) is 10.0 Å². The molecular formula is C12H14FN3O2S2. The van der Waals surface area contributed by atoms with E-state index in [0.29, 0.717) is 5.01 Å². The van der Waals surface area contributed by atoms with Crippen LogP contribution in [-0.4, -0.2) is 13.4 Å². The van der Waals surface area contributed by atoms with Gasteiger partial charge in [-0.1, -0.05) is 6.07 Å². The molecule has 1 heterocycles. The SMILES string of the molecule is Cc1cnc(C(C)NS(=O)(=O)c2cccc(F)c2N)s1. The minimum atomic E-state index is -3.90.